The van der Waals surface area contributed by atoms with Gasteiger partial charge in [0.05, 0.1) is 11.4 Å². The van der Waals surface area contributed by atoms with Crippen LogP contribution < -0.4 is 0 Å². The van der Waals surface area contributed by atoms with E-state index in [1.807, 2.05) is 0 Å². The highest BCUT2D eigenvalue weighted by Crippen LogP contribution is 2.55. The first-order chi connectivity index (χ1) is 32.0. The van der Waals surface area contributed by atoms with E-state index in [2.05, 4.69) is 232 Å². The molecule has 0 atom stereocenters. The maximum absolute atomic E-state index is 5.53. The van der Waals surface area contributed by atoms with Crippen LogP contribution in [0.5, 0.6) is 0 Å². The number of hydrogen-bond donors (Lipinski definition) is 0. The van der Waals surface area contributed by atoms with Gasteiger partial charge in [-0.25, -0.2) is 9.97 Å². The number of nitrogens with zero attached hydrogens (tertiary/aromatic N) is 2. The van der Waals surface area contributed by atoms with Crippen molar-refractivity contribution in [1.29, 1.82) is 0 Å². The van der Waals surface area contributed by atoms with Crippen LogP contribution in [0.1, 0.15) is 25.0 Å². The molecule has 1 aliphatic rings. The van der Waals surface area contributed by atoms with Gasteiger partial charge in [0, 0.05) is 22.1 Å². The van der Waals surface area contributed by atoms with Gasteiger partial charge in [0.25, 0.3) is 0 Å². The highest BCUT2D eigenvalue weighted by Gasteiger charge is 2.38. The first-order valence-corrected chi connectivity index (χ1v) is 22.6. The maximum atomic E-state index is 5.53. The molecule has 0 N–H and O–H groups in total. The minimum absolute atomic E-state index is 0.152. The normalized spacial score (nSPS) is 12.9. The van der Waals surface area contributed by atoms with Crippen LogP contribution in [0, 0.1) is 0 Å². The van der Waals surface area contributed by atoms with Gasteiger partial charge in [-0.3, -0.25) is 0 Å². The van der Waals surface area contributed by atoms with Gasteiger partial charge in [-0.15, -0.1) is 0 Å². The summed E-state index contributed by atoms with van der Waals surface area (Å²) in [6.45, 7) is 4.77. The SMILES string of the molecule is CC1(C)c2cc3ccccc3cc2-c2c(-c3c4ccccc4c(-c4ccccc4-c4nc(-c5cccc6ccccc56)cc(-c5cccc6ccccc56)n4)c4ccccc34)cccc21. The maximum Gasteiger partial charge on any atom is 0.161 e. The fraction of sp³-hybridized carbons (Fsp3) is 0.0476. The number of fused-ring (bicyclic) bond motifs is 8. The van der Waals surface area contributed by atoms with Crippen LogP contribution in [0.25, 0.3) is 121 Å². The molecule has 0 spiro atoms. The molecule has 1 aliphatic carbocycles. The van der Waals surface area contributed by atoms with Gasteiger partial charge in [-0.2, -0.15) is 0 Å². The minimum atomic E-state index is -0.152. The lowest BCUT2D eigenvalue weighted by Crippen LogP contribution is -2.14. The molecule has 11 aromatic carbocycles. The average molecular weight is 827 g/mol. The van der Waals surface area contributed by atoms with Crippen LogP contribution in [-0.4, -0.2) is 9.97 Å². The van der Waals surface area contributed by atoms with Crippen LogP contribution in [0.3, 0.4) is 0 Å². The van der Waals surface area contributed by atoms with Gasteiger partial charge in [-0.1, -0.05) is 214 Å². The lowest BCUT2D eigenvalue weighted by Gasteiger charge is -2.23. The van der Waals surface area contributed by atoms with E-state index >= 15 is 0 Å². The Bertz CT molecular complexity index is 3770. The lowest BCUT2D eigenvalue weighted by atomic mass is 9.80. The average Bonchev–Trinajstić information content (AvgIpc) is 3.59. The van der Waals surface area contributed by atoms with Crippen LogP contribution in [0.15, 0.2) is 218 Å². The van der Waals surface area contributed by atoms with E-state index in [9.17, 15) is 0 Å². The zero-order valence-corrected chi connectivity index (χ0v) is 36.2. The van der Waals surface area contributed by atoms with Gasteiger partial charge in [0.2, 0.25) is 0 Å². The second-order valence-electron chi connectivity index (χ2n) is 18.0. The molecule has 0 amide bonds. The zero-order chi connectivity index (χ0) is 43.2. The fourth-order valence-corrected chi connectivity index (χ4v) is 11.0. The van der Waals surface area contributed by atoms with Crippen molar-refractivity contribution >= 4 is 53.9 Å². The van der Waals surface area contributed by atoms with Gasteiger partial charge >= 0.3 is 0 Å². The van der Waals surface area contributed by atoms with Crippen molar-refractivity contribution in [1.82, 2.24) is 9.97 Å². The van der Waals surface area contributed by atoms with E-state index < -0.39 is 0 Å². The molecule has 13 rings (SSSR count). The van der Waals surface area contributed by atoms with Gasteiger partial charge < -0.3 is 0 Å². The summed E-state index contributed by atoms with van der Waals surface area (Å²) in [5.41, 5.74) is 15.0. The third kappa shape index (κ3) is 5.74. The Balaban J connectivity index is 1.08. The Morgan fingerprint density at radius 3 is 1.25 bits per heavy atom. The van der Waals surface area contributed by atoms with E-state index in [0.29, 0.717) is 5.82 Å². The first-order valence-electron chi connectivity index (χ1n) is 22.6. The third-order valence-electron chi connectivity index (χ3n) is 14.1. The molecule has 12 aromatic rings. The topological polar surface area (TPSA) is 25.8 Å². The molecule has 1 heterocycles. The summed E-state index contributed by atoms with van der Waals surface area (Å²) in [5.74, 6) is 0.693. The van der Waals surface area contributed by atoms with E-state index in [1.54, 1.807) is 0 Å². The molecular weight excluding hydrogens is 785 g/mol. The minimum Gasteiger partial charge on any atom is -0.228 e. The number of benzene rings is 11. The van der Waals surface area contributed by atoms with Gasteiger partial charge in [-0.05, 0) is 117 Å². The summed E-state index contributed by atoms with van der Waals surface area (Å²) in [7, 11) is 0. The molecule has 0 unspecified atom stereocenters. The zero-order valence-electron chi connectivity index (χ0n) is 36.2. The Kier molecular flexibility index (Phi) is 8.29. The van der Waals surface area contributed by atoms with E-state index in [4.69, 9.17) is 9.97 Å². The van der Waals surface area contributed by atoms with Crippen LogP contribution in [0.2, 0.25) is 0 Å². The summed E-state index contributed by atoms with van der Waals surface area (Å²) >= 11 is 0. The Morgan fingerprint density at radius 2 is 0.677 bits per heavy atom. The summed E-state index contributed by atoms with van der Waals surface area (Å²) in [5, 5.41) is 12.1. The summed E-state index contributed by atoms with van der Waals surface area (Å²) in [6, 6.07) is 79.7. The molecule has 2 nitrogen and oxygen atoms in total. The van der Waals surface area contributed by atoms with Crippen molar-refractivity contribution in [3.63, 3.8) is 0 Å². The van der Waals surface area contributed by atoms with Gasteiger partial charge in [0.1, 0.15) is 0 Å². The Hall–Kier alpha value is -8.20. The van der Waals surface area contributed by atoms with Gasteiger partial charge in [0.15, 0.2) is 5.82 Å². The summed E-state index contributed by atoms with van der Waals surface area (Å²) in [4.78, 5) is 11.1. The summed E-state index contributed by atoms with van der Waals surface area (Å²) in [6.07, 6.45) is 0. The largest absolute Gasteiger partial charge is 0.228 e. The van der Waals surface area contributed by atoms with Crippen molar-refractivity contribution in [2.75, 3.05) is 0 Å². The second-order valence-corrected chi connectivity index (χ2v) is 18.0. The van der Waals surface area contributed by atoms with E-state index in [-0.39, 0.29) is 5.41 Å². The van der Waals surface area contributed by atoms with E-state index in [1.165, 1.54) is 82.0 Å². The van der Waals surface area contributed by atoms with Crippen molar-refractivity contribution in [2.24, 2.45) is 0 Å². The molecule has 1 aromatic heterocycles. The van der Waals surface area contributed by atoms with Crippen LogP contribution >= 0.6 is 0 Å². The third-order valence-corrected chi connectivity index (χ3v) is 14.1. The van der Waals surface area contributed by atoms with Crippen molar-refractivity contribution in [3.05, 3.63) is 230 Å². The highest BCUT2D eigenvalue weighted by atomic mass is 14.9. The molecule has 2 heteroatoms. The van der Waals surface area contributed by atoms with E-state index in [0.717, 1.165) is 44.4 Å². The molecule has 0 bridgehead atoms. The molecule has 0 saturated heterocycles. The molecule has 0 aliphatic heterocycles. The van der Waals surface area contributed by atoms with Crippen molar-refractivity contribution in [2.45, 2.75) is 19.3 Å². The Labute approximate surface area is 378 Å². The summed E-state index contributed by atoms with van der Waals surface area (Å²) < 4.78 is 0. The van der Waals surface area contributed by atoms with Crippen LogP contribution in [0.4, 0.5) is 0 Å². The number of hydrogen-bond acceptors (Lipinski definition) is 2. The molecule has 304 valence electrons. The number of aromatic nitrogens is 2. The smallest absolute Gasteiger partial charge is 0.161 e. The fourth-order valence-electron chi connectivity index (χ4n) is 11.0. The molecular formula is C63H42N2. The molecule has 0 radical (unpaired) electrons. The second kappa shape index (κ2) is 14.4. The monoisotopic (exact) mass is 826 g/mol. The predicted molar refractivity (Wildman–Crippen MR) is 274 cm³/mol. The molecule has 0 saturated carbocycles. The predicted octanol–water partition coefficient (Wildman–Crippen LogP) is 16.9. The quantitative estimate of drug-likeness (QED) is 0.162. The van der Waals surface area contributed by atoms with Crippen LogP contribution in [-0.2, 0) is 5.41 Å². The molecule has 0 fully saturated rings. The first kappa shape index (κ1) is 37.4. The lowest BCUT2D eigenvalue weighted by molar-refractivity contribution is 0.661. The Morgan fingerprint density at radius 1 is 0.277 bits per heavy atom. The van der Waals surface area contributed by atoms with Crippen molar-refractivity contribution < 1.29 is 0 Å². The molecule has 65 heavy (non-hydrogen) atoms. The standard InChI is InChI=1S/C63H42N2/c1-63(2)55-35-17-34-53(61(55)54-36-41-20-3-4-21-42(41)37-56(54)63)60-49-28-11-9-26-47(49)59(48-27-10-12-29-50(48)60)51-30-13-14-31-52(51)62-64-57(45-32-15-22-39-18-5-7-24-43(39)45)38-58(65-62)46-33-16-23-40-19-6-8-25-44(40)46/h3-38H,1-2H3. The van der Waals surface area contributed by atoms with Crippen molar-refractivity contribution in [3.8, 4) is 67.3 Å². The number of rotatable bonds is 5. The highest BCUT2D eigenvalue weighted by molar-refractivity contribution is 6.24.